The molecular weight excluding hydrogens is 324 g/mol. The lowest BCUT2D eigenvalue weighted by atomic mass is 10.1. The van der Waals surface area contributed by atoms with Crippen molar-refractivity contribution in [1.29, 1.82) is 0 Å². The van der Waals surface area contributed by atoms with E-state index in [4.69, 9.17) is 14.2 Å². The molecule has 0 aliphatic carbocycles. The number of hydrogen-bond acceptors (Lipinski definition) is 5. The minimum atomic E-state index is -0.194. The van der Waals surface area contributed by atoms with E-state index in [1.165, 1.54) is 0 Å². The fourth-order valence-electron chi connectivity index (χ4n) is 2.30. The van der Waals surface area contributed by atoms with Crippen molar-refractivity contribution in [2.75, 3.05) is 52.7 Å². The lowest BCUT2D eigenvalue weighted by molar-refractivity contribution is 0.0139. The molecule has 0 saturated heterocycles. The van der Waals surface area contributed by atoms with Gasteiger partial charge in [-0.1, -0.05) is 6.07 Å². The fourth-order valence-corrected chi connectivity index (χ4v) is 2.30. The predicted molar refractivity (Wildman–Crippen MR) is 92.8 cm³/mol. The quantitative estimate of drug-likeness (QED) is 0.729. The third kappa shape index (κ3) is 7.64. The molecule has 0 fully saturated rings. The van der Waals surface area contributed by atoms with Gasteiger partial charge in [-0.15, -0.1) is 0 Å². The Labute approximate surface area is 148 Å². The van der Waals surface area contributed by atoms with Crippen LogP contribution in [0.15, 0.2) is 24.3 Å². The molecule has 2 rings (SSSR count). The van der Waals surface area contributed by atoms with Crippen molar-refractivity contribution in [2.24, 2.45) is 0 Å². The Morgan fingerprint density at radius 2 is 1.12 bits per heavy atom. The second-order valence-corrected chi connectivity index (χ2v) is 5.64. The average Bonchev–Trinajstić information content (AvgIpc) is 2.64. The van der Waals surface area contributed by atoms with Crippen LogP contribution in [0.4, 0.5) is 0 Å². The van der Waals surface area contributed by atoms with Crippen LogP contribution in [0, 0.1) is 0 Å². The van der Waals surface area contributed by atoms with Crippen molar-refractivity contribution < 1.29 is 23.8 Å². The van der Waals surface area contributed by atoms with Crippen molar-refractivity contribution in [1.82, 2.24) is 10.6 Å². The van der Waals surface area contributed by atoms with Gasteiger partial charge in [-0.25, -0.2) is 0 Å². The van der Waals surface area contributed by atoms with Crippen molar-refractivity contribution in [3.05, 3.63) is 35.4 Å². The number of carbonyl (C=O) groups is 2. The van der Waals surface area contributed by atoms with Crippen LogP contribution in [0.3, 0.4) is 0 Å². The second kappa shape index (κ2) is 11.6. The summed E-state index contributed by atoms with van der Waals surface area (Å²) in [6, 6.07) is 6.70. The first kappa shape index (κ1) is 19.4. The molecule has 7 heteroatoms. The summed E-state index contributed by atoms with van der Waals surface area (Å²) in [4.78, 5) is 24.3. The number of nitrogens with one attached hydrogen (secondary N) is 2. The number of fused-ring (bicyclic) bond motifs is 2. The molecule has 2 amide bonds. The van der Waals surface area contributed by atoms with E-state index in [0.717, 1.165) is 12.8 Å². The highest BCUT2D eigenvalue weighted by Gasteiger charge is 2.10. The monoisotopic (exact) mass is 350 g/mol. The summed E-state index contributed by atoms with van der Waals surface area (Å²) in [5, 5.41) is 5.66. The minimum absolute atomic E-state index is 0.194. The zero-order valence-electron chi connectivity index (χ0n) is 14.4. The number of benzene rings is 1. The molecule has 1 aromatic carbocycles. The number of carbonyl (C=O) groups excluding carboxylic acids is 2. The Kier molecular flexibility index (Phi) is 8.96. The van der Waals surface area contributed by atoms with Gasteiger partial charge in [0.2, 0.25) is 0 Å². The van der Waals surface area contributed by atoms with Crippen molar-refractivity contribution >= 4 is 11.8 Å². The standard InChI is InChI=1S/C18H26N2O5/c21-17-15-4-1-5-16(14-15)18(22)20-7-3-9-24-11-13-25-12-10-23-8-2-6-19-17/h1,4-5,14H,2-3,6-13H2,(H,19,21)(H,20,22). The van der Waals surface area contributed by atoms with E-state index in [0.29, 0.717) is 63.9 Å². The second-order valence-electron chi connectivity index (χ2n) is 5.64. The highest BCUT2D eigenvalue weighted by atomic mass is 16.5. The van der Waals surface area contributed by atoms with E-state index >= 15 is 0 Å². The number of ether oxygens (including phenoxy) is 3. The molecule has 0 saturated carbocycles. The van der Waals surface area contributed by atoms with Crippen LogP contribution in [-0.2, 0) is 14.2 Å². The Bertz CT molecular complexity index is 507. The maximum absolute atomic E-state index is 12.1. The first-order chi connectivity index (χ1) is 12.3. The smallest absolute Gasteiger partial charge is 0.251 e. The zero-order chi connectivity index (χ0) is 17.7. The molecule has 25 heavy (non-hydrogen) atoms. The number of hydrogen-bond donors (Lipinski definition) is 2. The summed E-state index contributed by atoms with van der Waals surface area (Å²) in [7, 11) is 0. The van der Waals surface area contributed by atoms with Gasteiger partial charge in [-0.05, 0) is 31.0 Å². The van der Waals surface area contributed by atoms with E-state index < -0.39 is 0 Å². The first-order valence-electron chi connectivity index (χ1n) is 8.67. The van der Waals surface area contributed by atoms with E-state index in [1.54, 1.807) is 24.3 Å². The summed E-state index contributed by atoms with van der Waals surface area (Å²) in [5.74, 6) is -0.387. The Hall–Kier alpha value is -1.96. The molecule has 0 spiro atoms. The predicted octanol–water partition coefficient (Wildman–Crippen LogP) is 0.990. The fraction of sp³-hybridized carbons (Fsp3) is 0.556. The molecule has 1 aliphatic rings. The van der Waals surface area contributed by atoms with Crippen LogP contribution < -0.4 is 10.6 Å². The van der Waals surface area contributed by atoms with Crippen LogP contribution in [0.25, 0.3) is 0 Å². The van der Waals surface area contributed by atoms with Gasteiger partial charge in [0.25, 0.3) is 11.8 Å². The Morgan fingerprint density at radius 1 is 0.680 bits per heavy atom. The van der Waals surface area contributed by atoms with Gasteiger partial charge in [-0.2, -0.15) is 0 Å². The van der Waals surface area contributed by atoms with Crippen LogP contribution in [0.2, 0.25) is 0 Å². The van der Waals surface area contributed by atoms with Crippen LogP contribution >= 0.6 is 0 Å². The largest absolute Gasteiger partial charge is 0.379 e. The van der Waals surface area contributed by atoms with Gasteiger partial charge in [0, 0.05) is 37.4 Å². The SMILES string of the molecule is O=C1NCCCOCCOCCOCCCNC(=O)c2cccc1c2. The maximum atomic E-state index is 12.1. The van der Waals surface area contributed by atoms with Crippen molar-refractivity contribution in [3.8, 4) is 0 Å². The van der Waals surface area contributed by atoms with Gasteiger partial charge in [0.15, 0.2) is 0 Å². The number of amides is 2. The third-order valence-corrected chi connectivity index (χ3v) is 3.63. The topological polar surface area (TPSA) is 85.9 Å². The highest BCUT2D eigenvalue weighted by molar-refractivity contribution is 5.99. The highest BCUT2D eigenvalue weighted by Crippen LogP contribution is 2.05. The van der Waals surface area contributed by atoms with Gasteiger partial charge in [0.1, 0.15) is 0 Å². The lowest BCUT2D eigenvalue weighted by Gasteiger charge is -2.10. The molecule has 1 heterocycles. The summed E-state index contributed by atoms with van der Waals surface area (Å²) < 4.78 is 16.3. The summed E-state index contributed by atoms with van der Waals surface area (Å²) in [6.45, 7) is 4.26. The van der Waals surface area contributed by atoms with Crippen LogP contribution in [0.5, 0.6) is 0 Å². The minimum Gasteiger partial charge on any atom is -0.379 e. The van der Waals surface area contributed by atoms with E-state index in [9.17, 15) is 9.59 Å². The lowest BCUT2D eigenvalue weighted by Crippen LogP contribution is -2.27. The van der Waals surface area contributed by atoms with Crippen molar-refractivity contribution in [3.63, 3.8) is 0 Å². The van der Waals surface area contributed by atoms with Gasteiger partial charge in [-0.3, -0.25) is 9.59 Å². The van der Waals surface area contributed by atoms with Crippen LogP contribution in [-0.4, -0.2) is 64.5 Å². The summed E-state index contributed by atoms with van der Waals surface area (Å²) >= 11 is 0. The third-order valence-electron chi connectivity index (χ3n) is 3.63. The number of rotatable bonds is 0. The summed E-state index contributed by atoms with van der Waals surface area (Å²) in [5.41, 5.74) is 0.944. The molecular formula is C18H26N2O5. The molecule has 0 aromatic heterocycles. The Morgan fingerprint density at radius 3 is 1.60 bits per heavy atom. The molecule has 2 N–H and O–H groups in total. The van der Waals surface area contributed by atoms with E-state index in [-0.39, 0.29) is 11.8 Å². The zero-order valence-corrected chi connectivity index (χ0v) is 14.4. The molecule has 1 aromatic rings. The van der Waals surface area contributed by atoms with Crippen molar-refractivity contribution in [2.45, 2.75) is 12.8 Å². The first-order valence-corrected chi connectivity index (χ1v) is 8.67. The summed E-state index contributed by atoms with van der Waals surface area (Å²) in [6.07, 6.45) is 1.43. The average molecular weight is 350 g/mol. The molecule has 1 aliphatic heterocycles. The van der Waals surface area contributed by atoms with Gasteiger partial charge < -0.3 is 24.8 Å². The maximum Gasteiger partial charge on any atom is 0.251 e. The van der Waals surface area contributed by atoms with Gasteiger partial charge in [0.05, 0.1) is 26.4 Å². The normalized spacial score (nSPS) is 19.5. The molecule has 138 valence electrons. The van der Waals surface area contributed by atoms with E-state index in [1.807, 2.05) is 0 Å². The molecule has 0 atom stereocenters. The molecule has 7 nitrogen and oxygen atoms in total. The molecule has 0 unspecified atom stereocenters. The van der Waals surface area contributed by atoms with Crippen LogP contribution in [0.1, 0.15) is 33.6 Å². The van der Waals surface area contributed by atoms with E-state index in [2.05, 4.69) is 10.6 Å². The Balaban J connectivity index is 1.90. The molecule has 2 bridgehead atoms. The van der Waals surface area contributed by atoms with Gasteiger partial charge >= 0.3 is 0 Å². The molecule has 0 radical (unpaired) electrons.